The standard InChI is InChI=1S/C19H25N3O/c1-3-5-9-13-21-19(23)18-15-17(12-14-20-18)22(4-2)16-10-7-6-8-11-16/h6-8,10-12,14-15H,3-5,9,13H2,1-2H3,(H,21,23). The quantitative estimate of drug-likeness (QED) is 0.745. The number of pyridine rings is 1. The lowest BCUT2D eigenvalue weighted by molar-refractivity contribution is 0.0948. The monoisotopic (exact) mass is 311 g/mol. The van der Waals surface area contributed by atoms with Gasteiger partial charge in [0.1, 0.15) is 5.69 Å². The Morgan fingerprint density at radius 2 is 1.87 bits per heavy atom. The van der Waals surface area contributed by atoms with Crippen LogP contribution in [0.4, 0.5) is 11.4 Å². The number of unbranched alkanes of at least 4 members (excludes halogenated alkanes) is 2. The number of rotatable bonds is 8. The van der Waals surface area contributed by atoms with Crippen molar-refractivity contribution < 1.29 is 4.79 Å². The lowest BCUT2D eigenvalue weighted by Crippen LogP contribution is -2.26. The third kappa shape index (κ3) is 4.81. The first-order chi connectivity index (χ1) is 11.3. The van der Waals surface area contributed by atoms with E-state index < -0.39 is 0 Å². The Balaban J connectivity index is 2.10. The van der Waals surface area contributed by atoms with Gasteiger partial charge in [-0.25, -0.2) is 0 Å². The molecule has 1 aromatic carbocycles. The van der Waals surface area contributed by atoms with E-state index in [1.165, 1.54) is 0 Å². The van der Waals surface area contributed by atoms with Crippen molar-refractivity contribution in [3.8, 4) is 0 Å². The molecule has 0 radical (unpaired) electrons. The van der Waals surface area contributed by atoms with Crippen LogP contribution in [0.25, 0.3) is 0 Å². The molecule has 1 aromatic heterocycles. The number of benzene rings is 1. The van der Waals surface area contributed by atoms with E-state index in [9.17, 15) is 4.79 Å². The van der Waals surface area contributed by atoms with Crippen molar-refractivity contribution >= 4 is 17.3 Å². The Morgan fingerprint density at radius 1 is 1.09 bits per heavy atom. The molecule has 2 aromatic rings. The predicted octanol–water partition coefficient (Wildman–Crippen LogP) is 4.16. The zero-order chi connectivity index (χ0) is 16.5. The Kier molecular flexibility index (Phi) is 6.60. The molecule has 1 amide bonds. The van der Waals surface area contributed by atoms with Crippen molar-refractivity contribution in [1.82, 2.24) is 10.3 Å². The minimum Gasteiger partial charge on any atom is -0.351 e. The maximum atomic E-state index is 12.2. The highest BCUT2D eigenvalue weighted by Gasteiger charge is 2.11. The highest BCUT2D eigenvalue weighted by atomic mass is 16.1. The predicted molar refractivity (Wildman–Crippen MR) is 95.2 cm³/mol. The lowest BCUT2D eigenvalue weighted by Gasteiger charge is -2.23. The van der Waals surface area contributed by atoms with Crippen LogP contribution in [0.1, 0.15) is 43.6 Å². The minimum atomic E-state index is -0.105. The second-order valence-corrected chi connectivity index (χ2v) is 5.44. The second kappa shape index (κ2) is 8.93. The summed E-state index contributed by atoms with van der Waals surface area (Å²) in [4.78, 5) is 18.6. The molecule has 0 saturated heterocycles. The van der Waals surface area contributed by atoms with E-state index in [1.54, 1.807) is 6.20 Å². The molecule has 2 rings (SSSR count). The summed E-state index contributed by atoms with van der Waals surface area (Å²) in [5.74, 6) is -0.105. The maximum absolute atomic E-state index is 12.2. The maximum Gasteiger partial charge on any atom is 0.269 e. The smallest absolute Gasteiger partial charge is 0.269 e. The number of para-hydroxylation sites is 1. The van der Waals surface area contributed by atoms with E-state index in [2.05, 4.69) is 41.2 Å². The summed E-state index contributed by atoms with van der Waals surface area (Å²) in [5, 5.41) is 2.94. The molecule has 0 spiro atoms. The van der Waals surface area contributed by atoms with Crippen LogP contribution >= 0.6 is 0 Å². The number of anilines is 2. The summed E-state index contributed by atoms with van der Waals surface area (Å²) in [7, 11) is 0. The summed E-state index contributed by atoms with van der Waals surface area (Å²) in [6, 6.07) is 13.9. The van der Waals surface area contributed by atoms with Gasteiger partial charge in [-0.05, 0) is 37.6 Å². The molecule has 4 nitrogen and oxygen atoms in total. The number of hydrogen-bond donors (Lipinski definition) is 1. The molecule has 0 bridgehead atoms. The van der Waals surface area contributed by atoms with Crippen molar-refractivity contribution in [1.29, 1.82) is 0 Å². The lowest BCUT2D eigenvalue weighted by atomic mass is 10.2. The fraction of sp³-hybridized carbons (Fsp3) is 0.368. The molecule has 0 fully saturated rings. The first kappa shape index (κ1) is 17.0. The SMILES string of the molecule is CCCCCNC(=O)c1cc(N(CC)c2ccccc2)ccn1. The number of carbonyl (C=O) groups excluding carboxylic acids is 1. The molecule has 0 unspecified atom stereocenters. The Labute approximate surface area is 138 Å². The van der Waals surface area contributed by atoms with Crippen molar-refractivity contribution in [3.05, 3.63) is 54.4 Å². The van der Waals surface area contributed by atoms with Crippen LogP contribution in [0, 0.1) is 0 Å². The van der Waals surface area contributed by atoms with Gasteiger partial charge in [-0.1, -0.05) is 38.0 Å². The van der Waals surface area contributed by atoms with E-state index in [0.717, 1.165) is 37.2 Å². The average molecular weight is 311 g/mol. The van der Waals surface area contributed by atoms with Crippen molar-refractivity contribution in [3.63, 3.8) is 0 Å². The van der Waals surface area contributed by atoms with Gasteiger partial charge in [0.25, 0.3) is 5.91 Å². The number of nitrogens with one attached hydrogen (secondary N) is 1. The van der Waals surface area contributed by atoms with Crippen molar-refractivity contribution in [2.45, 2.75) is 33.1 Å². The molecule has 0 aliphatic rings. The first-order valence-electron chi connectivity index (χ1n) is 8.33. The van der Waals surface area contributed by atoms with E-state index in [4.69, 9.17) is 0 Å². The van der Waals surface area contributed by atoms with Gasteiger partial charge in [-0.15, -0.1) is 0 Å². The molecule has 23 heavy (non-hydrogen) atoms. The van der Waals surface area contributed by atoms with Crippen molar-refractivity contribution in [2.24, 2.45) is 0 Å². The van der Waals surface area contributed by atoms with E-state index in [1.807, 2.05) is 30.3 Å². The summed E-state index contributed by atoms with van der Waals surface area (Å²) in [6.07, 6.45) is 4.98. The Bertz CT molecular complexity index is 613. The van der Waals surface area contributed by atoms with Gasteiger partial charge >= 0.3 is 0 Å². The van der Waals surface area contributed by atoms with Crippen LogP contribution in [0.5, 0.6) is 0 Å². The minimum absolute atomic E-state index is 0.105. The van der Waals surface area contributed by atoms with Crippen LogP contribution in [-0.2, 0) is 0 Å². The second-order valence-electron chi connectivity index (χ2n) is 5.44. The molecule has 0 atom stereocenters. The average Bonchev–Trinajstić information content (AvgIpc) is 2.60. The normalized spacial score (nSPS) is 10.3. The molecule has 1 heterocycles. The van der Waals surface area contributed by atoms with E-state index in [0.29, 0.717) is 12.2 Å². The van der Waals surface area contributed by atoms with Gasteiger partial charge in [-0.2, -0.15) is 0 Å². The first-order valence-corrected chi connectivity index (χ1v) is 8.33. The summed E-state index contributed by atoms with van der Waals surface area (Å²) in [5.41, 5.74) is 2.55. The van der Waals surface area contributed by atoms with Crippen LogP contribution in [-0.4, -0.2) is 24.0 Å². The fourth-order valence-corrected chi connectivity index (χ4v) is 2.50. The molecule has 0 aliphatic carbocycles. The summed E-state index contributed by atoms with van der Waals surface area (Å²) in [6.45, 7) is 5.77. The van der Waals surface area contributed by atoms with E-state index in [-0.39, 0.29) is 5.91 Å². The van der Waals surface area contributed by atoms with Gasteiger partial charge < -0.3 is 10.2 Å². The van der Waals surface area contributed by atoms with Crippen LogP contribution in [0.3, 0.4) is 0 Å². The molecular weight excluding hydrogens is 286 g/mol. The van der Waals surface area contributed by atoms with Crippen LogP contribution in [0.2, 0.25) is 0 Å². The van der Waals surface area contributed by atoms with E-state index >= 15 is 0 Å². The molecule has 0 aliphatic heterocycles. The molecule has 4 heteroatoms. The van der Waals surface area contributed by atoms with Crippen LogP contribution in [0.15, 0.2) is 48.7 Å². The number of aromatic nitrogens is 1. The summed E-state index contributed by atoms with van der Waals surface area (Å²) >= 11 is 0. The Hall–Kier alpha value is -2.36. The summed E-state index contributed by atoms with van der Waals surface area (Å²) < 4.78 is 0. The molecule has 0 saturated carbocycles. The zero-order valence-corrected chi connectivity index (χ0v) is 14.0. The number of hydrogen-bond acceptors (Lipinski definition) is 3. The number of nitrogens with zero attached hydrogens (tertiary/aromatic N) is 2. The van der Waals surface area contributed by atoms with Crippen LogP contribution < -0.4 is 10.2 Å². The fourth-order valence-electron chi connectivity index (χ4n) is 2.50. The zero-order valence-electron chi connectivity index (χ0n) is 14.0. The molecule has 122 valence electrons. The van der Waals surface area contributed by atoms with Gasteiger partial charge in [0.05, 0.1) is 0 Å². The topological polar surface area (TPSA) is 45.2 Å². The highest BCUT2D eigenvalue weighted by Crippen LogP contribution is 2.24. The molecule has 1 N–H and O–H groups in total. The molecular formula is C19H25N3O. The third-order valence-corrected chi connectivity index (χ3v) is 3.74. The number of carbonyl (C=O) groups is 1. The van der Waals surface area contributed by atoms with Crippen molar-refractivity contribution in [2.75, 3.05) is 18.0 Å². The number of amides is 1. The Morgan fingerprint density at radius 3 is 2.57 bits per heavy atom. The largest absolute Gasteiger partial charge is 0.351 e. The van der Waals surface area contributed by atoms with Gasteiger partial charge in [0.2, 0.25) is 0 Å². The highest BCUT2D eigenvalue weighted by molar-refractivity contribution is 5.93. The third-order valence-electron chi connectivity index (χ3n) is 3.74. The van der Waals surface area contributed by atoms with Gasteiger partial charge in [-0.3, -0.25) is 9.78 Å². The van der Waals surface area contributed by atoms with Gasteiger partial charge in [0, 0.05) is 30.7 Å². The van der Waals surface area contributed by atoms with Gasteiger partial charge in [0.15, 0.2) is 0 Å².